The third-order valence-electron chi connectivity index (χ3n) is 1.12. The molecule has 0 saturated heterocycles. The topological polar surface area (TPSA) is 134 Å². The van der Waals surface area contributed by atoms with Gasteiger partial charge in [-0.1, -0.05) is 0 Å². The molecule has 0 rings (SSSR count). The molecule has 0 heterocycles. The van der Waals surface area contributed by atoms with Crippen LogP contribution >= 0.6 is 0 Å². The molecule has 0 saturated carbocycles. The Labute approximate surface area is 79.8 Å². The zero-order valence-corrected chi connectivity index (χ0v) is 7.37. The Bertz CT molecular complexity index is 230. The highest BCUT2D eigenvalue weighted by molar-refractivity contribution is 5.81. The molecule has 0 aromatic heterocycles. The first-order chi connectivity index (χ1) is 6.52. The number of hydrogen-bond donors (Lipinski definition) is 5. The number of hydrogen-bond acceptors (Lipinski definition) is 4. The number of carboxylic acid groups (broad SMARTS) is 1. The van der Waals surface area contributed by atoms with Gasteiger partial charge in [-0.25, -0.2) is 10.2 Å². The lowest BCUT2D eigenvalue weighted by atomic mass is 10.4. The molecule has 0 aliphatic carbocycles. The first-order valence-electron chi connectivity index (χ1n) is 3.79. The van der Waals surface area contributed by atoms with Gasteiger partial charge in [-0.05, 0) is 0 Å². The molecule has 0 aromatic carbocycles. The van der Waals surface area contributed by atoms with Crippen molar-refractivity contribution in [3.63, 3.8) is 0 Å². The van der Waals surface area contributed by atoms with Gasteiger partial charge < -0.3 is 16.2 Å². The van der Waals surface area contributed by atoms with Crippen LogP contribution < -0.4 is 21.9 Å². The van der Waals surface area contributed by atoms with E-state index < -0.39 is 17.9 Å². The van der Waals surface area contributed by atoms with Gasteiger partial charge in [0.15, 0.2) is 0 Å². The van der Waals surface area contributed by atoms with Crippen molar-refractivity contribution in [3.8, 4) is 0 Å². The second-order valence-corrected chi connectivity index (χ2v) is 2.35. The molecule has 0 unspecified atom stereocenters. The highest BCUT2D eigenvalue weighted by atomic mass is 16.4. The zero-order valence-electron chi connectivity index (χ0n) is 7.37. The number of hydrazine groups is 1. The Kier molecular flexibility index (Phi) is 5.79. The SMILES string of the molecule is NC(=O)CCNNC(=O)CNC(=O)O. The molecule has 0 bridgehead atoms. The first kappa shape index (κ1) is 12.2. The van der Waals surface area contributed by atoms with E-state index in [0.717, 1.165) is 0 Å². The molecule has 3 amide bonds. The molecular weight excluding hydrogens is 192 g/mol. The minimum atomic E-state index is -1.28. The molecule has 0 aliphatic heterocycles. The quantitative estimate of drug-likeness (QED) is 0.246. The van der Waals surface area contributed by atoms with E-state index in [1.807, 2.05) is 5.32 Å². The molecule has 80 valence electrons. The van der Waals surface area contributed by atoms with Crippen LogP contribution in [0, 0.1) is 0 Å². The van der Waals surface area contributed by atoms with Crippen molar-refractivity contribution in [2.24, 2.45) is 5.73 Å². The Morgan fingerprint density at radius 2 is 1.93 bits per heavy atom. The van der Waals surface area contributed by atoms with Gasteiger partial charge in [0, 0.05) is 13.0 Å². The summed E-state index contributed by atoms with van der Waals surface area (Å²) >= 11 is 0. The maximum Gasteiger partial charge on any atom is 0.405 e. The normalized spacial score (nSPS) is 9.14. The maximum atomic E-state index is 10.8. The van der Waals surface area contributed by atoms with Gasteiger partial charge in [0.25, 0.3) is 5.91 Å². The third kappa shape index (κ3) is 8.27. The Morgan fingerprint density at radius 3 is 2.43 bits per heavy atom. The smallest absolute Gasteiger partial charge is 0.405 e. The van der Waals surface area contributed by atoms with Gasteiger partial charge in [0.05, 0.1) is 0 Å². The highest BCUT2D eigenvalue weighted by Crippen LogP contribution is 1.70. The molecule has 0 aromatic rings. The van der Waals surface area contributed by atoms with Gasteiger partial charge in [-0.2, -0.15) is 0 Å². The number of primary amides is 1. The van der Waals surface area contributed by atoms with Crippen LogP contribution in [0.1, 0.15) is 6.42 Å². The van der Waals surface area contributed by atoms with Crippen molar-refractivity contribution in [2.75, 3.05) is 13.1 Å². The molecule has 0 radical (unpaired) electrons. The number of rotatable bonds is 6. The molecule has 0 fully saturated rings. The summed E-state index contributed by atoms with van der Waals surface area (Å²) < 4.78 is 0. The summed E-state index contributed by atoms with van der Waals surface area (Å²) in [5.74, 6) is -1.03. The third-order valence-corrected chi connectivity index (χ3v) is 1.12. The van der Waals surface area contributed by atoms with E-state index in [-0.39, 0.29) is 19.5 Å². The lowest BCUT2D eigenvalue weighted by molar-refractivity contribution is -0.122. The van der Waals surface area contributed by atoms with Crippen LogP contribution in [0.15, 0.2) is 0 Å². The highest BCUT2D eigenvalue weighted by Gasteiger charge is 2.02. The summed E-state index contributed by atoms with van der Waals surface area (Å²) in [5, 5.41) is 10.0. The van der Waals surface area contributed by atoms with E-state index in [0.29, 0.717) is 0 Å². The van der Waals surface area contributed by atoms with E-state index in [1.165, 1.54) is 0 Å². The zero-order chi connectivity index (χ0) is 11.0. The van der Waals surface area contributed by atoms with Gasteiger partial charge in [0.2, 0.25) is 5.91 Å². The number of amides is 3. The van der Waals surface area contributed by atoms with E-state index in [1.54, 1.807) is 0 Å². The number of nitrogens with two attached hydrogens (primary N) is 1. The maximum absolute atomic E-state index is 10.8. The molecular formula is C6H12N4O4. The Hall–Kier alpha value is -1.83. The molecule has 0 atom stereocenters. The number of carbonyl (C=O) groups excluding carboxylic acids is 2. The summed E-state index contributed by atoms with van der Waals surface area (Å²) in [6, 6.07) is 0. The lowest BCUT2D eigenvalue weighted by Crippen LogP contribution is -2.44. The van der Waals surface area contributed by atoms with Crippen molar-refractivity contribution in [1.29, 1.82) is 0 Å². The summed E-state index contributed by atoms with van der Waals surface area (Å²) in [7, 11) is 0. The van der Waals surface area contributed by atoms with E-state index in [2.05, 4.69) is 10.9 Å². The average molecular weight is 204 g/mol. The van der Waals surface area contributed by atoms with Crippen LogP contribution in [0.25, 0.3) is 0 Å². The van der Waals surface area contributed by atoms with Crippen molar-refractivity contribution in [3.05, 3.63) is 0 Å². The van der Waals surface area contributed by atoms with Crippen LogP contribution in [0.4, 0.5) is 4.79 Å². The van der Waals surface area contributed by atoms with Crippen LogP contribution in [0.3, 0.4) is 0 Å². The van der Waals surface area contributed by atoms with Gasteiger partial charge >= 0.3 is 6.09 Å². The van der Waals surface area contributed by atoms with E-state index >= 15 is 0 Å². The minimum Gasteiger partial charge on any atom is -0.465 e. The standard InChI is InChI=1S/C6H12N4O4/c7-4(11)1-2-9-10-5(12)3-8-6(13)14/h8-9H,1-3H2,(H2,7,11)(H,10,12)(H,13,14). The fraction of sp³-hybridized carbons (Fsp3) is 0.500. The van der Waals surface area contributed by atoms with E-state index in [4.69, 9.17) is 10.8 Å². The molecule has 8 nitrogen and oxygen atoms in total. The summed E-state index contributed by atoms with van der Waals surface area (Å²) in [5.41, 5.74) is 9.40. The molecule has 0 aliphatic rings. The fourth-order valence-corrected chi connectivity index (χ4v) is 0.547. The number of nitrogens with one attached hydrogen (secondary N) is 3. The molecule has 14 heavy (non-hydrogen) atoms. The van der Waals surface area contributed by atoms with Gasteiger partial charge in [-0.3, -0.25) is 15.0 Å². The summed E-state index contributed by atoms with van der Waals surface area (Å²) in [4.78, 5) is 31.0. The minimum absolute atomic E-state index is 0.0899. The second kappa shape index (κ2) is 6.66. The molecule has 6 N–H and O–H groups in total. The van der Waals surface area contributed by atoms with Crippen molar-refractivity contribution >= 4 is 17.9 Å². The Morgan fingerprint density at radius 1 is 1.29 bits per heavy atom. The van der Waals surface area contributed by atoms with E-state index in [9.17, 15) is 14.4 Å². The Balaban J connectivity index is 3.36. The predicted octanol–water partition coefficient (Wildman–Crippen LogP) is -2.25. The van der Waals surface area contributed by atoms with Gasteiger partial charge in [-0.15, -0.1) is 0 Å². The van der Waals surface area contributed by atoms with Gasteiger partial charge in [0.1, 0.15) is 6.54 Å². The monoisotopic (exact) mass is 204 g/mol. The fourth-order valence-electron chi connectivity index (χ4n) is 0.547. The van der Waals surface area contributed by atoms with Crippen molar-refractivity contribution in [2.45, 2.75) is 6.42 Å². The average Bonchev–Trinajstić information content (AvgIpc) is 2.08. The molecule has 0 spiro atoms. The van der Waals surface area contributed by atoms with Crippen LogP contribution in [-0.2, 0) is 9.59 Å². The first-order valence-corrected chi connectivity index (χ1v) is 3.79. The summed E-state index contributed by atoms with van der Waals surface area (Å²) in [6.07, 6.45) is -1.19. The van der Waals surface area contributed by atoms with Crippen molar-refractivity contribution < 1.29 is 19.5 Å². The molecule has 8 heteroatoms. The number of carbonyl (C=O) groups is 3. The predicted molar refractivity (Wildman–Crippen MR) is 46.0 cm³/mol. The van der Waals surface area contributed by atoms with Crippen LogP contribution in [0.2, 0.25) is 0 Å². The largest absolute Gasteiger partial charge is 0.465 e. The summed E-state index contributed by atoms with van der Waals surface area (Å²) in [6.45, 7) is -0.146. The van der Waals surface area contributed by atoms with Crippen LogP contribution in [-0.4, -0.2) is 36.1 Å². The van der Waals surface area contributed by atoms with Crippen LogP contribution in [0.5, 0.6) is 0 Å². The van der Waals surface area contributed by atoms with Crippen molar-refractivity contribution in [1.82, 2.24) is 16.2 Å². The second-order valence-electron chi connectivity index (χ2n) is 2.35. The lowest BCUT2D eigenvalue weighted by Gasteiger charge is -2.05.